The highest BCUT2D eigenvalue weighted by molar-refractivity contribution is 5.87. The van der Waals surface area contributed by atoms with Gasteiger partial charge in [0.2, 0.25) is 0 Å². The Balaban J connectivity index is 2.53. The molecule has 0 atom stereocenters. The fourth-order valence-electron chi connectivity index (χ4n) is 1.75. The van der Waals surface area contributed by atoms with E-state index in [1.807, 2.05) is 30.3 Å². The largest absolute Gasteiger partial charge is 0.508 e. The lowest BCUT2D eigenvalue weighted by Crippen LogP contribution is -2.04. The predicted molar refractivity (Wildman–Crippen MR) is 59.5 cm³/mol. The first-order valence-corrected chi connectivity index (χ1v) is 4.84. The Bertz CT molecular complexity index is 468. The van der Waals surface area contributed by atoms with E-state index in [1.54, 1.807) is 6.07 Å². The fourth-order valence-corrected chi connectivity index (χ4v) is 1.75. The quantitative estimate of drug-likeness (QED) is 0.750. The Labute approximate surface area is 88.0 Å². The molecule has 3 nitrogen and oxygen atoms in total. The molecule has 0 radical (unpaired) electrons. The fraction of sp³-hybridized carbons (Fsp3) is 0.167. The van der Waals surface area contributed by atoms with Crippen LogP contribution in [0.2, 0.25) is 0 Å². The van der Waals surface area contributed by atoms with E-state index in [2.05, 4.69) is 4.84 Å². The van der Waals surface area contributed by atoms with Gasteiger partial charge in [-0.2, -0.15) is 0 Å². The molecule has 3 heteroatoms. The number of nitrogens with two attached hydrogens (primary N) is 1. The first-order valence-electron chi connectivity index (χ1n) is 4.84. The van der Waals surface area contributed by atoms with E-state index in [0.717, 1.165) is 16.3 Å². The van der Waals surface area contributed by atoms with Crippen molar-refractivity contribution < 1.29 is 9.94 Å². The third-order valence-corrected chi connectivity index (χ3v) is 2.49. The van der Waals surface area contributed by atoms with Crippen molar-refractivity contribution in [1.29, 1.82) is 0 Å². The second-order valence-electron chi connectivity index (χ2n) is 3.41. The maximum atomic E-state index is 9.74. The van der Waals surface area contributed by atoms with E-state index >= 15 is 0 Å². The molecule has 0 saturated heterocycles. The molecular weight excluding hydrogens is 190 g/mol. The van der Waals surface area contributed by atoms with Crippen molar-refractivity contribution in [2.75, 3.05) is 6.61 Å². The van der Waals surface area contributed by atoms with Crippen molar-refractivity contribution in [3.8, 4) is 5.75 Å². The minimum atomic E-state index is 0.297. The molecule has 0 bridgehead atoms. The molecule has 0 aliphatic carbocycles. The van der Waals surface area contributed by atoms with Crippen molar-refractivity contribution in [3.05, 3.63) is 42.0 Å². The molecule has 2 aromatic carbocycles. The molecule has 0 fully saturated rings. The predicted octanol–water partition coefficient (Wildman–Crippen LogP) is 1.98. The maximum Gasteiger partial charge on any atom is 0.119 e. The average molecular weight is 203 g/mol. The molecule has 3 N–H and O–H groups in total. The van der Waals surface area contributed by atoms with Crippen molar-refractivity contribution >= 4 is 10.8 Å². The number of phenols is 1. The number of hydrogen-bond donors (Lipinski definition) is 2. The van der Waals surface area contributed by atoms with E-state index in [1.165, 1.54) is 0 Å². The standard InChI is InChI=1S/C12H13NO2/c13-15-8-7-11-10-4-2-1-3-9(10)5-6-12(11)14/h1-6,14H,7-8,13H2. The molecule has 0 amide bonds. The molecule has 78 valence electrons. The van der Waals surface area contributed by atoms with E-state index in [9.17, 15) is 5.11 Å². The van der Waals surface area contributed by atoms with Gasteiger partial charge in [-0.15, -0.1) is 0 Å². The van der Waals surface area contributed by atoms with Gasteiger partial charge in [-0.05, 0) is 16.8 Å². The highest BCUT2D eigenvalue weighted by Crippen LogP contribution is 2.27. The van der Waals surface area contributed by atoms with E-state index in [4.69, 9.17) is 5.90 Å². The van der Waals surface area contributed by atoms with Crippen molar-refractivity contribution in [2.45, 2.75) is 6.42 Å². The van der Waals surface area contributed by atoms with Crippen LogP contribution in [0.1, 0.15) is 5.56 Å². The van der Waals surface area contributed by atoms with Gasteiger partial charge < -0.3 is 9.94 Å². The number of fused-ring (bicyclic) bond motifs is 1. The maximum absolute atomic E-state index is 9.74. The Hall–Kier alpha value is -1.58. The van der Waals surface area contributed by atoms with Crippen LogP contribution in [-0.4, -0.2) is 11.7 Å². The molecule has 0 aliphatic rings. The molecule has 0 aliphatic heterocycles. The first kappa shape index (κ1) is 9.96. The molecule has 0 aromatic heterocycles. The molecule has 0 unspecified atom stereocenters. The van der Waals surface area contributed by atoms with Crippen molar-refractivity contribution in [3.63, 3.8) is 0 Å². The summed E-state index contributed by atoms with van der Waals surface area (Å²) in [7, 11) is 0. The molecule has 0 spiro atoms. The summed E-state index contributed by atoms with van der Waals surface area (Å²) in [6.07, 6.45) is 0.615. The second-order valence-corrected chi connectivity index (χ2v) is 3.41. The van der Waals surface area contributed by atoms with Gasteiger partial charge in [0.25, 0.3) is 0 Å². The summed E-state index contributed by atoms with van der Waals surface area (Å²) in [6, 6.07) is 11.5. The Kier molecular flexibility index (Phi) is 2.85. The van der Waals surface area contributed by atoms with Crippen molar-refractivity contribution in [1.82, 2.24) is 0 Å². The minimum absolute atomic E-state index is 0.297. The third-order valence-electron chi connectivity index (χ3n) is 2.49. The Morgan fingerprint density at radius 1 is 1.13 bits per heavy atom. The number of phenolic OH excluding ortho intramolecular Hbond substituents is 1. The van der Waals surface area contributed by atoms with Gasteiger partial charge in [-0.25, -0.2) is 5.90 Å². The smallest absolute Gasteiger partial charge is 0.119 e. The van der Waals surface area contributed by atoms with Crippen LogP contribution in [0.25, 0.3) is 10.8 Å². The zero-order valence-electron chi connectivity index (χ0n) is 8.31. The zero-order chi connectivity index (χ0) is 10.7. The summed E-state index contributed by atoms with van der Waals surface area (Å²) in [5.74, 6) is 5.29. The van der Waals surface area contributed by atoms with Gasteiger partial charge in [0.1, 0.15) is 5.75 Å². The van der Waals surface area contributed by atoms with Crippen LogP contribution in [0.3, 0.4) is 0 Å². The normalized spacial score (nSPS) is 10.7. The molecule has 2 aromatic rings. The monoisotopic (exact) mass is 203 g/mol. The molecule has 0 heterocycles. The lowest BCUT2D eigenvalue weighted by molar-refractivity contribution is 0.141. The second kappa shape index (κ2) is 4.29. The van der Waals surface area contributed by atoms with E-state index in [-0.39, 0.29) is 0 Å². The van der Waals surface area contributed by atoms with Gasteiger partial charge in [0.15, 0.2) is 0 Å². The van der Waals surface area contributed by atoms with Gasteiger partial charge in [-0.3, -0.25) is 0 Å². The number of aromatic hydroxyl groups is 1. The summed E-state index contributed by atoms with van der Waals surface area (Å²) in [6.45, 7) is 0.404. The highest BCUT2D eigenvalue weighted by atomic mass is 16.6. The van der Waals surface area contributed by atoms with Gasteiger partial charge >= 0.3 is 0 Å². The van der Waals surface area contributed by atoms with E-state index < -0.39 is 0 Å². The number of hydrogen-bond acceptors (Lipinski definition) is 3. The van der Waals surface area contributed by atoms with Gasteiger partial charge in [0, 0.05) is 12.0 Å². The summed E-state index contributed by atoms with van der Waals surface area (Å²) in [5.41, 5.74) is 0.888. The Morgan fingerprint density at radius 3 is 2.73 bits per heavy atom. The van der Waals surface area contributed by atoms with Crippen LogP contribution in [0, 0.1) is 0 Å². The molecule has 15 heavy (non-hydrogen) atoms. The number of rotatable bonds is 3. The zero-order valence-corrected chi connectivity index (χ0v) is 8.31. The van der Waals surface area contributed by atoms with Crippen molar-refractivity contribution in [2.24, 2.45) is 5.90 Å². The van der Waals surface area contributed by atoms with Gasteiger partial charge in [-0.1, -0.05) is 30.3 Å². The Morgan fingerprint density at radius 2 is 1.93 bits per heavy atom. The third kappa shape index (κ3) is 1.93. The van der Waals surface area contributed by atoms with Crippen LogP contribution in [0.15, 0.2) is 36.4 Å². The lowest BCUT2D eigenvalue weighted by Gasteiger charge is -2.08. The van der Waals surface area contributed by atoms with Gasteiger partial charge in [0.05, 0.1) is 6.61 Å². The topological polar surface area (TPSA) is 55.5 Å². The van der Waals surface area contributed by atoms with Crippen LogP contribution in [0.4, 0.5) is 0 Å². The van der Waals surface area contributed by atoms with Crippen LogP contribution in [-0.2, 0) is 11.3 Å². The first-order chi connectivity index (χ1) is 7.33. The van der Waals surface area contributed by atoms with Crippen LogP contribution < -0.4 is 5.90 Å². The summed E-state index contributed by atoms with van der Waals surface area (Å²) >= 11 is 0. The van der Waals surface area contributed by atoms with Crippen LogP contribution in [0.5, 0.6) is 5.75 Å². The van der Waals surface area contributed by atoms with E-state index in [0.29, 0.717) is 18.8 Å². The average Bonchev–Trinajstić information content (AvgIpc) is 2.28. The lowest BCUT2D eigenvalue weighted by atomic mass is 10.0. The molecular formula is C12H13NO2. The SMILES string of the molecule is NOCCc1c(O)ccc2ccccc12. The summed E-state index contributed by atoms with van der Waals surface area (Å²) < 4.78 is 0. The minimum Gasteiger partial charge on any atom is -0.508 e. The summed E-state index contributed by atoms with van der Waals surface area (Å²) in [4.78, 5) is 4.54. The molecule has 2 rings (SSSR count). The summed E-state index contributed by atoms with van der Waals surface area (Å²) in [5, 5.41) is 11.9. The van der Waals surface area contributed by atoms with Crippen LogP contribution >= 0.6 is 0 Å². The number of benzene rings is 2. The molecule has 0 saturated carbocycles. The highest BCUT2D eigenvalue weighted by Gasteiger charge is 2.05.